The molecule has 1 amide bonds. The summed E-state index contributed by atoms with van der Waals surface area (Å²) in [5.74, 6) is 0.468. The van der Waals surface area contributed by atoms with E-state index in [-0.39, 0.29) is 18.6 Å². The maximum Gasteiger partial charge on any atom is 0.258 e. The van der Waals surface area contributed by atoms with E-state index in [4.69, 9.17) is 16.3 Å². The van der Waals surface area contributed by atoms with E-state index in [2.05, 4.69) is 5.32 Å². The SMILES string of the molecule is Cc1ccc([C@H](C)NC(=O)COc2ccc(Cl)cc2)cc1. The molecule has 3 nitrogen and oxygen atoms in total. The second-order valence-electron chi connectivity index (χ2n) is 4.94. The van der Waals surface area contributed by atoms with E-state index in [9.17, 15) is 4.79 Å². The maximum atomic E-state index is 11.9. The van der Waals surface area contributed by atoms with Crippen LogP contribution >= 0.6 is 11.6 Å². The Morgan fingerprint density at radius 1 is 1.14 bits per heavy atom. The third-order valence-corrected chi connectivity index (χ3v) is 3.39. The van der Waals surface area contributed by atoms with Crippen molar-refractivity contribution in [2.24, 2.45) is 0 Å². The molecule has 0 radical (unpaired) electrons. The van der Waals surface area contributed by atoms with Crippen LogP contribution in [0.5, 0.6) is 5.75 Å². The number of rotatable bonds is 5. The first kappa shape index (κ1) is 15.4. The number of aryl methyl sites for hydroxylation is 1. The summed E-state index contributed by atoms with van der Waals surface area (Å²) < 4.78 is 5.41. The van der Waals surface area contributed by atoms with E-state index in [1.165, 1.54) is 5.56 Å². The van der Waals surface area contributed by atoms with Gasteiger partial charge in [0.2, 0.25) is 0 Å². The lowest BCUT2D eigenvalue weighted by molar-refractivity contribution is -0.123. The van der Waals surface area contributed by atoms with Gasteiger partial charge in [-0.1, -0.05) is 41.4 Å². The van der Waals surface area contributed by atoms with Crippen LogP contribution in [-0.4, -0.2) is 12.5 Å². The van der Waals surface area contributed by atoms with E-state index in [0.29, 0.717) is 10.8 Å². The van der Waals surface area contributed by atoms with Crippen LogP contribution in [0.3, 0.4) is 0 Å². The quantitative estimate of drug-likeness (QED) is 0.909. The molecule has 2 rings (SSSR count). The molecule has 0 aliphatic carbocycles. The van der Waals surface area contributed by atoms with Gasteiger partial charge in [-0.15, -0.1) is 0 Å². The molecule has 0 fully saturated rings. The van der Waals surface area contributed by atoms with Gasteiger partial charge in [0.1, 0.15) is 5.75 Å². The normalized spacial score (nSPS) is 11.8. The van der Waals surface area contributed by atoms with Crippen molar-refractivity contribution in [1.29, 1.82) is 0 Å². The molecule has 0 aliphatic rings. The average Bonchev–Trinajstić information content (AvgIpc) is 2.47. The number of hydrogen-bond acceptors (Lipinski definition) is 2. The van der Waals surface area contributed by atoms with Crippen LogP contribution in [0, 0.1) is 6.92 Å². The third-order valence-electron chi connectivity index (χ3n) is 3.14. The van der Waals surface area contributed by atoms with E-state index < -0.39 is 0 Å². The lowest BCUT2D eigenvalue weighted by Crippen LogP contribution is -2.31. The van der Waals surface area contributed by atoms with Crippen molar-refractivity contribution in [2.45, 2.75) is 19.9 Å². The zero-order chi connectivity index (χ0) is 15.2. The molecule has 0 bridgehead atoms. The summed E-state index contributed by atoms with van der Waals surface area (Å²) in [6.07, 6.45) is 0. The smallest absolute Gasteiger partial charge is 0.258 e. The molecule has 0 saturated heterocycles. The number of halogens is 1. The number of amides is 1. The molecular weight excluding hydrogens is 286 g/mol. The Morgan fingerprint density at radius 3 is 2.38 bits per heavy atom. The predicted molar refractivity (Wildman–Crippen MR) is 84.7 cm³/mol. The Balaban J connectivity index is 1.83. The summed E-state index contributed by atoms with van der Waals surface area (Å²) >= 11 is 5.79. The zero-order valence-corrected chi connectivity index (χ0v) is 12.9. The van der Waals surface area contributed by atoms with Crippen LogP contribution in [0.4, 0.5) is 0 Å². The van der Waals surface area contributed by atoms with Crippen molar-refractivity contribution >= 4 is 17.5 Å². The van der Waals surface area contributed by atoms with Crippen LogP contribution < -0.4 is 10.1 Å². The molecule has 0 saturated carbocycles. The minimum atomic E-state index is -0.155. The summed E-state index contributed by atoms with van der Waals surface area (Å²) in [6.45, 7) is 3.97. The molecule has 4 heteroatoms. The highest BCUT2D eigenvalue weighted by Gasteiger charge is 2.09. The van der Waals surface area contributed by atoms with Gasteiger partial charge in [0, 0.05) is 5.02 Å². The van der Waals surface area contributed by atoms with Gasteiger partial charge in [-0.05, 0) is 43.7 Å². The Labute approximate surface area is 129 Å². The summed E-state index contributed by atoms with van der Waals surface area (Å²) in [5, 5.41) is 3.55. The molecule has 0 spiro atoms. The fraction of sp³-hybridized carbons (Fsp3) is 0.235. The minimum absolute atomic E-state index is 0.0160. The lowest BCUT2D eigenvalue weighted by Gasteiger charge is -2.15. The first-order valence-electron chi connectivity index (χ1n) is 6.79. The number of ether oxygens (including phenoxy) is 1. The highest BCUT2D eigenvalue weighted by atomic mass is 35.5. The first-order chi connectivity index (χ1) is 10.0. The predicted octanol–water partition coefficient (Wildman–Crippen LogP) is 3.90. The summed E-state index contributed by atoms with van der Waals surface area (Å²) in [4.78, 5) is 11.9. The van der Waals surface area contributed by atoms with Crippen LogP contribution in [-0.2, 0) is 4.79 Å². The molecule has 2 aromatic rings. The molecule has 0 aromatic heterocycles. The Bertz CT molecular complexity index is 593. The average molecular weight is 304 g/mol. The van der Waals surface area contributed by atoms with Crippen molar-refractivity contribution in [3.8, 4) is 5.75 Å². The zero-order valence-electron chi connectivity index (χ0n) is 12.1. The van der Waals surface area contributed by atoms with Crippen molar-refractivity contribution < 1.29 is 9.53 Å². The number of benzene rings is 2. The summed E-state index contributed by atoms with van der Waals surface area (Å²) in [5.41, 5.74) is 2.27. The van der Waals surface area contributed by atoms with Crippen LogP contribution in [0.15, 0.2) is 48.5 Å². The largest absolute Gasteiger partial charge is 0.484 e. The first-order valence-corrected chi connectivity index (χ1v) is 7.16. The lowest BCUT2D eigenvalue weighted by atomic mass is 10.1. The van der Waals surface area contributed by atoms with E-state index in [1.54, 1.807) is 24.3 Å². The second-order valence-corrected chi connectivity index (χ2v) is 5.38. The van der Waals surface area contributed by atoms with Gasteiger partial charge >= 0.3 is 0 Å². The molecule has 21 heavy (non-hydrogen) atoms. The second kappa shape index (κ2) is 7.14. The van der Waals surface area contributed by atoms with E-state index >= 15 is 0 Å². The highest BCUT2D eigenvalue weighted by molar-refractivity contribution is 6.30. The fourth-order valence-corrected chi connectivity index (χ4v) is 2.03. The van der Waals surface area contributed by atoms with Gasteiger partial charge in [-0.25, -0.2) is 0 Å². The number of carbonyl (C=O) groups is 1. The van der Waals surface area contributed by atoms with Gasteiger partial charge in [-0.2, -0.15) is 0 Å². The van der Waals surface area contributed by atoms with Gasteiger partial charge < -0.3 is 10.1 Å². The maximum absolute atomic E-state index is 11.9. The van der Waals surface area contributed by atoms with Gasteiger partial charge in [-0.3, -0.25) is 4.79 Å². The molecule has 0 aliphatic heterocycles. The van der Waals surface area contributed by atoms with Crippen molar-refractivity contribution in [3.63, 3.8) is 0 Å². The number of carbonyl (C=O) groups excluding carboxylic acids is 1. The molecule has 0 heterocycles. The standard InChI is InChI=1S/C17H18ClNO2/c1-12-3-5-14(6-4-12)13(2)19-17(20)11-21-16-9-7-15(18)8-10-16/h3-10,13H,11H2,1-2H3,(H,19,20)/t13-/m0/s1. The van der Waals surface area contributed by atoms with Gasteiger partial charge in [0.25, 0.3) is 5.91 Å². The highest BCUT2D eigenvalue weighted by Crippen LogP contribution is 2.16. The summed E-state index contributed by atoms with van der Waals surface area (Å²) in [7, 11) is 0. The molecular formula is C17H18ClNO2. The molecule has 1 atom stereocenters. The number of nitrogens with one attached hydrogen (secondary N) is 1. The fourth-order valence-electron chi connectivity index (χ4n) is 1.90. The third kappa shape index (κ3) is 4.80. The topological polar surface area (TPSA) is 38.3 Å². The Kier molecular flexibility index (Phi) is 5.23. The molecule has 2 aromatic carbocycles. The molecule has 1 N–H and O–H groups in total. The Hall–Kier alpha value is -2.00. The molecule has 110 valence electrons. The van der Waals surface area contributed by atoms with Crippen LogP contribution in [0.25, 0.3) is 0 Å². The van der Waals surface area contributed by atoms with Crippen LogP contribution in [0.2, 0.25) is 5.02 Å². The minimum Gasteiger partial charge on any atom is -0.484 e. The van der Waals surface area contributed by atoms with Crippen molar-refractivity contribution in [1.82, 2.24) is 5.32 Å². The molecule has 0 unspecified atom stereocenters. The number of hydrogen-bond donors (Lipinski definition) is 1. The van der Waals surface area contributed by atoms with E-state index in [0.717, 1.165) is 5.56 Å². The van der Waals surface area contributed by atoms with Crippen molar-refractivity contribution in [2.75, 3.05) is 6.61 Å². The van der Waals surface area contributed by atoms with Gasteiger partial charge in [0.05, 0.1) is 6.04 Å². The van der Waals surface area contributed by atoms with Gasteiger partial charge in [0.15, 0.2) is 6.61 Å². The Morgan fingerprint density at radius 2 is 1.76 bits per heavy atom. The van der Waals surface area contributed by atoms with E-state index in [1.807, 2.05) is 38.1 Å². The van der Waals surface area contributed by atoms with Crippen molar-refractivity contribution in [3.05, 3.63) is 64.7 Å². The van der Waals surface area contributed by atoms with Crippen LogP contribution in [0.1, 0.15) is 24.1 Å². The summed E-state index contributed by atoms with van der Waals surface area (Å²) in [6, 6.07) is 15.0. The monoisotopic (exact) mass is 303 g/mol.